The van der Waals surface area contributed by atoms with Crippen LogP contribution >= 0.6 is 15.9 Å². The van der Waals surface area contributed by atoms with E-state index in [4.69, 9.17) is 4.74 Å². The highest BCUT2D eigenvalue weighted by Crippen LogP contribution is 2.28. The molecule has 0 aliphatic heterocycles. The lowest BCUT2D eigenvalue weighted by Gasteiger charge is -2.11. The van der Waals surface area contributed by atoms with Crippen molar-refractivity contribution in [2.24, 2.45) is 0 Å². The van der Waals surface area contributed by atoms with Gasteiger partial charge < -0.3 is 4.74 Å². The highest BCUT2D eigenvalue weighted by atomic mass is 79.9. The normalized spacial score (nSPS) is 11.9. The second-order valence-electron chi connectivity index (χ2n) is 4.38. The van der Waals surface area contributed by atoms with E-state index >= 15 is 0 Å². The first-order valence-corrected chi connectivity index (χ1v) is 6.92. The number of nitro groups is 1. The van der Waals surface area contributed by atoms with Crippen LogP contribution in [-0.4, -0.2) is 12.0 Å². The first kappa shape index (κ1) is 14.5. The Kier molecular flexibility index (Phi) is 4.74. The standard InChI is InChI=1S/C15H14BrNO3/c1-20-15-10-11(7-8-13(15)16)9-14(17(18)19)12-5-3-2-4-6-12/h2-8,10,14H,9H2,1H3. The summed E-state index contributed by atoms with van der Waals surface area (Å²) >= 11 is 3.37. The van der Waals surface area contributed by atoms with E-state index in [1.165, 1.54) is 0 Å². The van der Waals surface area contributed by atoms with Gasteiger partial charge >= 0.3 is 0 Å². The van der Waals surface area contributed by atoms with E-state index in [1.807, 2.05) is 36.4 Å². The number of methoxy groups -OCH3 is 1. The molecule has 1 unspecified atom stereocenters. The molecule has 2 aromatic carbocycles. The molecule has 0 bridgehead atoms. The summed E-state index contributed by atoms with van der Waals surface area (Å²) in [5.74, 6) is 0.678. The van der Waals surface area contributed by atoms with E-state index in [1.54, 1.807) is 19.2 Å². The largest absolute Gasteiger partial charge is 0.496 e. The molecule has 0 aliphatic rings. The average Bonchev–Trinajstić information content (AvgIpc) is 2.47. The molecular formula is C15H14BrNO3. The van der Waals surface area contributed by atoms with Crippen LogP contribution in [0.25, 0.3) is 0 Å². The Labute approximate surface area is 125 Å². The van der Waals surface area contributed by atoms with Gasteiger partial charge in [0.15, 0.2) is 0 Å². The number of rotatable bonds is 5. The van der Waals surface area contributed by atoms with Crippen LogP contribution in [0.3, 0.4) is 0 Å². The summed E-state index contributed by atoms with van der Waals surface area (Å²) in [6, 6.07) is 13.8. The molecule has 0 aliphatic carbocycles. The van der Waals surface area contributed by atoms with Gasteiger partial charge in [-0.1, -0.05) is 36.4 Å². The van der Waals surface area contributed by atoms with Crippen LogP contribution in [0.2, 0.25) is 0 Å². The molecule has 0 saturated carbocycles. The zero-order chi connectivity index (χ0) is 14.5. The lowest BCUT2D eigenvalue weighted by atomic mass is 9.99. The zero-order valence-corrected chi connectivity index (χ0v) is 12.5. The van der Waals surface area contributed by atoms with E-state index in [9.17, 15) is 10.1 Å². The molecular weight excluding hydrogens is 322 g/mol. The van der Waals surface area contributed by atoms with Crippen molar-refractivity contribution < 1.29 is 9.66 Å². The zero-order valence-electron chi connectivity index (χ0n) is 11.0. The van der Waals surface area contributed by atoms with Crippen LogP contribution in [0.15, 0.2) is 53.0 Å². The minimum absolute atomic E-state index is 0.246. The van der Waals surface area contributed by atoms with E-state index in [2.05, 4.69) is 15.9 Å². The monoisotopic (exact) mass is 335 g/mol. The fourth-order valence-corrected chi connectivity index (χ4v) is 2.45. The molecule has 2 aromatic rings. The fourth-order valence-electron chi connectivity index (χ4n) is 2.04. The maximum Gasteiger partial charge on any atom is 0.242 e. The van der Waals surface area contributed by atoms with Gasteiger partial charge in [-0.25, -0.2) is 0 Å². The molecule has 5 heteroatoms. The van der Waals surface area contributed by atoms with Gasteiger partial charge in [0.2, 0.25) is 6.04 Å². The predicted molar refractivity (Wildman–Crippen MR) is 80.6 cm³/mol. The van der Waals surface area contributed by atoms with Crippen molar-refractivity contribution in [2.45, 2.75) is 12.5 Å². The summed E-state index contributed by atoms with van der Waals surface area (Å²) in [7, 11) is 1.58. The Morgan fingerprint density at radius 3 is 2.55 bits per heavy atom. The van der Waals surface area contributed by atoms with Gasteiger partial charge in [-0.2, -0.15) is 0 Å². The second kappa shape index (κ2) is 6.52. The summed E-state index contributed by atoms with van der Waals surface area (Å²) in [6.07, 6.45) is 0.334. The molecule has 0 heterocycles. The summed E-state index contributed by atoms with van der Waals surface area (Å²) in [4.78, 5) is 11.0. The van der Waals surface area contributed by atoms with Crippen LogP contribution in [-0.2, 0) is 6.42 Å². The maximum absolute atomic E-state index is 11.3. The SMILES string of the molecule is COc1cc(CC(c2ccccc2)[N+](=O)[O-])ccc1Br. The number of hydrogen-bond acceptors (Lipinski definition) is 3. The summed E-state index contributed by atoms with van der Waals surface area (Å²) < 4.78 is 6.05. The second-order valence-corrected chi connectivity index (χ2v) is 5.24. The maximum atomic E-state index is 11.3. The Balaban J connectivity index is 2.27. The van der Waals surface area contributed by atoms with Crippen LogP contribution in [0.5, 0.6) is 5.75 Å². The van der Waals surface area contributed by atoms with Crippen LogP contribution in [0.1, 0.15) is 17.2 Å². The molecule has 2 rings (SSSR count). The highest BCUT2D eigenvalue weighted by molar-refractivity contribution is 9.10. The Morgan fingerprint density at radius 2 is 1.95 bits per heavy atom. The van der Waals surface area contributed by atoms with Crippen molar-refractivity contribution in [1.29, 1.82) is 0 Å². The molecule has 0 spiro atoms. The number of ether oxygens (including phenoxy) is 1. The third-order valence-corrected chi connectivity index (χ3v) is 3.74. The molecule has 20 heavy (non-hydrogen) atoms. The van der Waals surface area contributed by atoms with Crippen molar-refractivity contribution in [3.05, 3.63) is 74.2 Å². The number of nitrogens with zero attached hydrogens (tertiary/aromatic N) is 1. The molecule has 0 radical (unpaired) electrons. The van der Waals surface area contributed by atoms with Gasteiger partial charge in [0.25, 0.3) is 0 Å². The topological polar surface area (TPSA) is 52.4 Å². The van der Waals surface area contributed by atoms with Gasteiger partial charge in [-0.3, -0.25) is 10.1 Å². The minimum atomic E-state index is -0.748. The molecule has 0 N–H and O–H groups in total. The Morgan fingerprint density at radius 1 is 1.25 bits per heavy atom. The first-order valence-electron chi connectivity index (χ1n) is 6.12. The number of halogens is 1. The summed E-state index contributed by atoms with van der Waals surface area (Å²) in [6.45, 7) is 0. The van der Waals surface area contributed by atoms with Gasteiger partial charge in [0.1, 0.15) is 5.75 Å². The lowest BCUT2D eigenvalue weighted by Crippen LogP contribution is -2.13. The van der Waals surface area contributed by atoms with Gasteiger partial charge in [0.05, 0.1) is 11.6 Å². The average molecular weight is 336 g/mol. The van der Waals surface area contributed by atoms with Gasteiger partial charge in [-0.15, -0.1) is 0 Å². The van der Waals surface area contributed by atoms with E-state index in [-0.39, 0.29) is 4.92 Å². The molecule has 0 amide bonds. The van der Waals surface area contributed by atoms with Crippen molar-refractivity contribution in [3.8, 4) is 5.75 Å². The van der Waals surface area contributed by atoms with E-state index in [0.29, 0.717) is 17.7 Å². The Bertz CT molecular complexity index is 601. The van der Waals surface area contributed by atoms with Crippen LogP contribution < -0.4 is 4.74 Å². The molecule has 0 fully saturated rings. The summed E-state index contributed by atoms with van der Waals surface area (Å²) in [5.41, 5.74) is 1.58. The van der Waals surface area contributed by atoms with E-state index in [0.717, 1.165) is 10.0 Å². The lowest BCUT2D eigenvalue weighted by molar-refractivity contribution is -0.528. The van der Waals surface area contributed by atoms with Gasteiger partial charge in [0, 0.05) is 16.9 Å². The molecule has 104 valence electrons. The fraction of sp³-hybridized carbons (Fsp3) is 0.200. The number of hydrogen-bond donors (Lipinski definition) is 0. The molecule has 4 nitrogen and oxygen atoms in total. The first-order chi connectivity index (χ1) is 9.61. The highest BCUT2D eigenvalue weighted by Gasteiger charge is 2.23. The Hall–Kier alpha value is -1.88. The van der Waals surface area contributed by atoms with Crippen molar-refractivity contribution in [2.75, 3.05) is 7.11 Å². The molecule has 0 saturated heterocycles. The third-order valence-electron chi connectivity index (χ3n) is 3.08. The van der Waals surface area contributed by atoms with E-state index < -0.39 is 6.04 Å². The third kappa shape index (κ3) is 3.36. The number of benzene rings is 2. The van der Waals surface area contributed by atoms with Crippen LogP contribution in [0.4, 0.5) is 0 Å². The van der Waals surface area contributed by atoms with Gasteiger partial charge in [-0.05, 0) is 33.6 Å². The minimum Gasteiger partial charge on any atom is -0.496 e. The predicted octanol–water partition coefficient (Wildman–Crippen LogP) is 4.02. The summed E-state index contributed by atoms with van der Waals surface area (Å²) in [5, 5.41) is 11.3. The van der Waals surface area contributed by atoms with Crippen molar-refractivity contribution in [3.63, 3.8) is 0 Å². The quantitative estimate of drug-likeness (QED) is 0.612. The molecule has 0 aromatic heterocycles. The van der Waals surface area contributed by atoms with Crippen molar-refractivity contribution >= 4 is 15.9 Å². The smallest absolute Gasteiger partial charge is 0.242 e. The van der Waals surface area contributed by atoms with Crippen molar-refractivity contribution in [1.82, 2.24) is 0 Å². The molecule has 1 atom stereocenters. The van der Waals surface area contributed by atoms with Crippen LogP contribution in [0, 0.1) is 10.1 Å².